The number of fused-ring (bicyclic) bond motifs is 1. The van der Waals surface area contributed by atoms with Crippen LogP contribution in [0.3, 0.4) is 0 Å². The minimum Gasteiger partial charge on any atom is -0.398 e. The van der Waals surface area contributed by atoms with E-state index in [9.17, 15) is 0 Å². The van der Waals surface area contributed by atoms with Crippen LogP contribution in [0.15, 0.2) is 30.7 Å². The molecule has 4 heteroatoms. The Labute approximate surface area is 119 Å². The minimum absolute atomic E-state index is 0.709. The number of hydrogen-bond donors (Lipinski definition) is 1. The number of anilines is 1. The van der Waals surface area contributed by atoms with Crippen molar-refractivity contribution < 1.29 is 0 Å². The van der Waals surface area contributed by atoms with Crippen molar-refractivity contribution in [1.29, 1.82) is 0 Å². The monoisotopic (exact) mass is 268 g/mol. The Morgan fingerprint density at radius 1 is 1.30 bits per heavy atom. The summed E-state index contributed by atoms with van der Waals surface area (Å²) in [5, 5.41) is 0. The van der Waals surface area contributed by atoms with Crippen molar-refractivity contribution in [1.82, 2.24) is 14.5 Å². The highest BCUT2D eigenvalue weighted by Crippen LogP contribution is 2.36. The maximum absolute atomic E-state index is 6.06. The van der Waals surface area contributed by atoms with Crippen molar-refractivity contribution in [2.45, 2.75) is 38.4 Å². The summed E-state index contributed by atoms with van der Waals surface area (Å²) < 4.78 is 2.36. The first-order valence-corrected chi connectivity index (χ1v) is 7.40. The van der Waals surface area contributed by atoms with Gasteiger partial charge in [0.25, 0.3) is 0 Å². The molecule has 1 aliphatic heterocycles. The van der Waals surface area contributed by atoms with E-state index in [1.165, 1.54) is 29.7 Å². The van der Waals surface area contributed by atoms with Gasteiger partial charge in [-0.05, 0) is 36.5 Å². The van der Waals surface area contributed by atoms with Gasteiger partial charge in [-0.25, -0.2) is 4.98 Å². The van der Waals surface area contributed by atoms with Gasteiger partial charge in [-0.2, -0.15) is 0 Å². The van der Waals surface area contributed by atoms with Crippen LogP contribution in [0.2, 0.25) is 0 Å². The van der Waals surface area contributed by atoms with Crippen LogP contribution >= 0.6 is 0 Å². The minimum atomic E-state index is 0.709. The number of nitrogen functional groups attached to an aromatic ring is 1. The number of nitrogens with zero attached hydrogens (tertiary/aromatic N) is 3. The largest absolute Gasteiger partial charge is 0.398 e. The summed E-state index contributed by atoms with van der Waals surface area (Å²) in [6, 6.07) is 6.99. The maximum Gasteiger partial charge on any atom is 0.0951 e. The molecular weight excluding hydrogens is 248 g/mol. The lowest BCUT2D eigenvalue weighted by Gasteiger charge is -2.29. The van der Waals surface area contributed by atoms with Gasteiger partial charge in [-0.1, -0.05) is 12.1 Å². The highest BCUT2D eigenvalue weighted by molar-refractivity contribution is 5.51. The summed E-state index contributed by atoms with van der Waals surface area (Å²) in [6.07, 6.45) is 7.68. The Morgan fingerprint density at radius 3 is 3.05 bits per heavy atom. The van der Waals surface area contributed by atoms with Crippen molar-refractivity contribution in [2.75, 3.05) is 12.3 Å². The van der Waals surface area contributed by atoms with Crippen molar-refractivity contribution in [3.63, 3.8) is 0 Å². The second-order valence-electron chi connectivity index (χ2n) is 5.97. The van der Waals surface area contributed by atoms with E-state index in [1.54, 1.807) is 0 Å². The first kappa shape index (κ1) is 12.0. The van der Waals surface area contributed by atoms with Crippen molar-refractivity contribution in [3.8, 4) is 0 Å². The molecule has 2 aliphatic rings. The molecule has 2 aromatic rings. The fraction of sp³-hybridized carbons (Fsp3) is 0.438. The third-order valence-corrected chi connectivity index (χ3v) is 4.45. The molecular formula is C16H20N4. The summed E-state index contributed by atoms with van der Waals surface area (Å²) in [7, 11) is 0. The molecule has 2 N–H and O–H groups in total. The molecule has 20 heavy (non-hydrogen) atoms. The first-order valence-electron chi connectivity index (χ1n) is 7.40. The zero-order valence-electron chi connectivity index (χ0n) is 11.6. The van der Waals surface area contributed by atoms with Crippen LogP contribution in [0.4, 0.5) is 5.69 Å². The zero-order chi connectivity index (χ0) is 13.5. The lowest BCUT2D eigenvalue weighted by molar-refractivity contribution is 0.239. The van der Waals surface area contributed by atoms with Gasteiger partial charge in [0.1, 0.15) is 0 Å². The highest BCUT2D eigenvalue weighted by atomic mass is 15.2. The van der Waals surface area contributed by atoms with E-state index in [0.29, 0.717) is 6.04 Å². The molecule has 0 saturated heterocycles. The third-order valence-electron chi connectivity index (χ3n) is 4.45. The van der Waals surface area contributed by atoms with Gasteiger partial charge in [-0.3, -0.25) is 4.90 Å². The van der Waals surface area contributed by atoms with Crippen molar-refractivity contribution in [3.05, 3.63) is 47.5 Å². The predicted octanol–water partition coefficient (Wildman–Crippen LogP) is 2.36. The molecule has 1 aromatic carbocycles. The van der Waals surface area contributed by atoms with Crippen LogP contribution in [0.25, 0.3) is 0 Å². The molecule has 4 rings (SSSR count). The number of aromatic nitrogens is 2. The molecule has 1 aromatic heterocycles. The fourth-order valence-electron chi connectivity index (χ4n) is 3.20. The molecule has 2 heterocycles. The maximum atomic E-state index is 6.06. The van der Waals surface area contributed by atoms with Crippen molar-refractivity contribution in [2.24, 2.45) is 0 Å². The molecule has 1 saturated carbocycles. The second kappa shape index (κ2) is 4.63. The predicted molar refractivity (Wildman–Crippen MR) is 79.2 cm³/mol. The van der Waals surface area contributed by atoms with Crippen molar-refractivity contribution >= 4 is 5.69 Å². The molecule has 104 valence electrons. The van der Waals surface area contributed by atoms with Gasteiger partial charge in [0, 0.05) is 37.6 Å². The van der Waals surface area contributed by atoms with E-state index >= 15 is 0 Å². The number of nitrogens with two attached hydrogens (primary N) is 1. The number of imidazole rings is 1. The first-order chi connectivity index (χ1) is 9.81. The second-order valence-corrected chi connectivity index (χ2v) is 5.97. The Kier molecular flexibility index (Phi) is 2.77. The molecule has 0 atom stereocenters. The molecule has 0 unspecified atom stereocenters. The molecule has 0 spiro atoms. The Morgan fingerprint density at radius 2 is 2.20 bits per heavy atom. The molecule has 1 fully saturated rings. The lowest BCUT2D eigenvalue weighted by Crippen LogP contribution is -2.31. The highest BCUT2D eigenvalue weighted by Gasteiger charge is 2.26. The number of benzene rings is 1. The Hall–Kier alpha value is -1.81. The van der Waals surface area contributed by atoms with Crippen LogP contribution in [0.5, 0.6) is 0 Å². The average molecular weight is 268 g/mol. The smallest absolute Gasteiger partial charge is 0.0951 e. The van der Waals surface area contributed by atoms with Gasteiger partial charge in [-0.15, -0.1) is 0 Å². The average Bonchev–Trinajstić information content (AvgIpc) is 3.20. The van der Waals surface area contributed by atoms with E-state index in [4.69, 9.17) is 5.73 Å². The summed E-state index contributed by atoms with van der Waals surface area (Å²) in [4.78, 5) is 6.82. The summed E-state index contributed by atoms with van der Waals surface area (Å²) in [5.74, 6) is 0. The van der Waals surface area contributed by atoms with Gasteiger partial charge in [0.2, 0.25) is 0 Å². The van der Waals surface area contributed by atoms with E-state index in [2.05, 4.69) is 26.6 Å². The topological polar surface area (TPSA) is 47.1 Å². The van der Waals surface area contributed by atoms with E-state index in [-0.39, 0.29) is 0 Å². The standard InChI is InChI=1S/C16H20N4/c17-16-3-1-2-12-9-19(7-6-15(12)16)10-14-8-18-11-20(14)13-4-5-13/h1-3,8,11,13H,4-7,9-10,17H2. The van der Waals surface area contributed by atoms with Gasteiger partial charge >= 0.3 is 0 Å². The fourth-order valence-corrected chi connectivity index (χ4v) is 3.20. The normalized spacial score (nSPS) is 19.0. The van der Waals surface area contributed by atoms with Crippen LogP contribution < -0.4 is 5.73 Å². The molecule has 0 amide bonds. The van der Waals surface area contributed by atoms with Gasteiger partial charge in [0.15, 0.2) is 0 Å². The number of hydrogen-bond acceptors (Lipinski definition) is 3. The van der Waals surface area contributed by atoms with E-state index < -0.39 is 0 Å². The summed E-state index contributed by atoms with van der Waals surface area (Å²) in [5.41, 5.74) is 11.1. The quantitative estimate of drug-likeness (QED) is 0.869. The summed E-state index contributed by atoms with van der Waals surface area (Å²) >= 11 is 0. The van der Waals surface area contributed by atoms with E-state index in [0.717, 1.165) is 31.7 Å². The number of rotatable bonds is 3. The lowest BCUT2D eigenvalue weighted by atomic mass is 9.98. The molecule has 4 nitrogen and oxygen atoms in total. The van der Waals surface area contributed by atoms with Crippen LogP contribution in [0.1, 0.15) is 35.7 Å². The van der Waals surface area contributed by atoms with Crippen LogP contribution in [0, 0.1) is 0 Å². The molecule has 1 aliphatic carbocycles. The SMILES string of the molecule is Nc1cccc2c1CCN(Cc1cncn1C1CC1)C2. The Balaban J connectivity index is 1.52. The van der Waals surface area contributed by atoms with Crippen LogP contribution in [-0.4, -0.2) is 21.0 Å². The Bertz CT molecular complexity index is 627. The van der Waals surface area contributed by atoms with Crippen LogP contribution in [-0.2, 0) is 19.5 Å². The molecule has 0 radical (unpaired) electrons. The molecule has 0 bridgehead atoms. The van der Waals surface area contributed by atoms with Gasteiger partial charge < -0.3 is 10.3 Å². The summed E-state index contributed by atoms with van der Waals surface area (Å²) in [6.45, 7) is 3.07. The van der Waals surface area contributed by atoms with Gasteiger partial charge in [0.05, 0.1) is 12.0 Å². The third kappa shape index (κ3) is 2.10. The zero-order valence-corrected chi connectivity index (χ0v) is 11.6. The van der Waals surface area contributed by atoms with E-state index in [1.807, 2.05) is 18.6 Å².